The number of nitrogens with zero attached hydrogens (tertiary/aromatic N) is 3. The average Bonchev–Trinajstić information content (AvgIpc) is 2.75. The molecule has 7 heteroatoms. The largest absolute Gasteiger partial charge is 0.378 e. The Morgan fingerprint density at radius 2 is 1.61 bits per heavy atom. The van der Waals surface area contributed by atoms with Crippen LogP contribution in [0, 0.1) is 6.92 Å². The van der Waals surface area contributed by atoms with Crippen LogP contribution in [0.3, 0.4) is 0 Å². The molecule has 148 valence electrons. The van der Waals surface area contributed by atoms with Crippen LogP contribution in [0.15, 0.2) is 34.8 Å². The minimum absolute atomic E-state index is 0.0248. The molecule has 1 aromatic heterocycles. The Morgan fingerprint density at radius 1 is 1.00 bits per heavy atom. The van der Waals surface area contributed by atoms with Crippen molar-refractivity contribution < 1.29 is 14.3 Å². The van der Waals surface area contributed by atoms with Crippen molar-refractivity contribution >= 4 is 27.7 Å². The molecule has 0 saturated carbocycles. The molecule has 0 N–H and O–H groups in total. The predicted octanol–water partition coefficient (Wildman–Crippen LogP) is 3.13. The van der Waals surface area contributed by atoms with Gasteiger partial charge in [-0.1, -0.05) is 28.1 Å². The third kappa shape index (κ3) is 4.06. The van der Waals surface area contributed by atoms with Crippen LogP contribution in [0.1, 0.15) is 16.1 Å². The average molecular weight is 446 g/mol. The van der Waals surface area contributed by atoms with Gasteiger partial charge in [0.25, 0.3) is 5.91 Å². The second-order valence-corrected chi connectivity index (χ2v) is 7.95. The molecular weight excluding hydrogens is 422 g/mol. The van der Waals surface area contributed by atoms with E-state index in [1.807, 2.05) is 23.1 Å². The third-order valence-corrected chi connectivity index (χ3v) is 5.69. The van der Waals surface area contributed by atoms with E-state index in [-0.39, 0.29) is 5.91 Å². The molecule has 2 aliphatic rings. The molecule has 3 heterocycles. The summed E-state index contributed by atoms with van der Waals surface area (Å²) in [6, 6.07) is 10.2. The lowest BCUT2D eigenvalue weighted by molar-refractivity contribution is 0.0299. The standard InChI is InChI=1S/C21H24BrN3O3/c1-15-14-18(21(26)25-8-12-28-13-9-25)23-20(24-6-10-27-11-7-24)19(15)16-2-4-17(22)5-3-16/h2-5,14H,6-13H2,1H3. The second kappa shape index (κ2) is 8.59. The first-order chi connectivity index (χ1) is 13.6. The van der Waals surface area contributed by atoms with Crippen LogP contribution in [0.5, 0.6) is 0 Å². The van der Waals surface area contributed by atoms with Crippen molar-refractivity contribution in [1.29, 1.82) is 0 Å². The molecule has 0 unspecified atom stereocenters. The molecule has 2 aliphatic heterocycles. The number of rotatable bonds is 3. The summed E-state index contributed by atoms with van der Waals surface area (Å²) in [4.78, 5) is 21.9. The van der Waals surface area contributed by atoms with Gasteiger partial charge in [-0.15, -0.1) is 0 Å². The number of pyridine rings is 1. The molecule has 4 rings (SSSR count). The first-order valence-corrected chi connectivity index (χ1v) is 10.4. The van der Waals surface area contributed by atoms with Gasteiger partial charge in [0.2, 0.25) is 0 Å². The summed E-state index contributed by atoms with van der Waals surface area (Å²) >= 11 is 3.50. The monoisotopic (exact) mass is 445 g/mol. The molecule has 1 amide bonds. The zero-order valence-corrected chi connectivity index (χ0v) is 17.6. The molecule has 1 aromatic carbocycles. The fourth-order valence-electron chi connectivity index (χ4n) is 3.67. The van der Waals surface area contributed by atoms with Gasteiger partial charge in [0.05, 0.1) is 26.4 Å². The summed E-state index contributed by atoms with van der Waals surface area (Å²) in [7, 11) is 0. The molecule has 2 saturated heterocycles. The normalized spacial score (nSPS) is 17.6. The predicted molar refractivity (Wildman–Crippen MR) is 112 cm³/mol. The van der Waals surface area contributed by atoms with Gasteiger partial charge in [0.1, 0.15) is 11.5 Å². The van der Waals surface area contributed by atoms with E-state index in [0.29, 0.717) is 45.2 Å². The maximum atomic E-state index is 13.0. The Kier molecular flexibility index (Phi) is 5.94. The second-order valence-electron chi connectivity index (χ2n) is 7.03. The number of halogens is 1. The van der Waals surface area contributed by atoms with E-state index >= 15 is 0 Å². The van der Waals surface area contributed by atoms with E-state index in [1.165, 1.54) is 0 Å². The van der Waals surface area contributed by atoms with Crippen LogP contribution in [-0.2, 0) is 9.47 Å². The third-order valence-electron chi connectivity index (χ3n) is 5.16. The van der Waals surface area contributed by atoms with E-state index in [4.69, 9.17) is 14.5 Å². The lowest BCUT2D eigenvalue weighted by atomic mass is 9.99. The smallest absolute Gasteiger partial charge is 0.272 e. The van der Waals surface area contributed by atoms with Crippen molar-refractivity contribution in [3.05, 3.63) is 46.1 Å². The van der Waals surface area contributed by atoms with Crippen molar-refractivity contribution in [2.24, 2.45) is 0 Å². The van der Waals surface area contributed by atoms with E-state index in [2.05, 4.69) is 39.9 Å². The van der Waals surface area contributed by atoms with Gasteiger partial charge in [-0.2, -0.15) is 0 Å². The van der Waals surface area contributed by atoms with Crippen molar-refractivity contribution in [3.8, 4) is 11.1 Å². The van der Waals surface area contributed by atoms with Crippen molar-refractivity contribution in [3.63, 3.8) is 0 Å². The number of carbonyl (C=O) groups is 1. The first kappa shape index (κ1) is 19.4. The minimum Gasteiger partial charge on any atom is -0.378 e. The molecule has 2 fully saturated rings. The number of benzene rings is 1. The number of aryl methyl sites for hydroxylation is 1. The molecule has 28 heavy (non-hydrogen) atoms. The van der Waals surface area contributed by atoms with Crippen LogP contribution in [0.25, 0.3) is 11.1 Å². The molecule has 0 atom stereocenters. The fraction of sp³-hybridized carbons (Fsp3) is 0.429. The molecule has 0 aliphatic carbocycles. The Morgan fingerprint density at radius 3 is 2.25 bits per heavy atom. The summed E-state index contributed by atoms with van der Waals surface area (Å²) in [5, 5.41) is 0. The Labute approximate surface area is 173 Å². The molecule has 0 bridgehead atoms. The van der Waals surface area contributed by atoms with Crippen LogP contribution < -0.4 is 4.90 Å². The minimum atomic E-state index is -0.0248. The van der Waals surface area contributed by atoms with Crippen molar-refractivity contribution in [2.45, 2.75) is 6.92 Å². The number of morpholine rings is 2. The Hall–Kier alpha value is -1.96. The van der Waals surface area contributed by atoms with Crippen LogP contribution >= 0.6 is 15.9 Å². The highest BCUT2D eigenvalue weighted by Crippen LogP contribution is 2.34. The highest BCUT2D eigenvalue weighted by molar-refractivity contribution is 9.10. The molecule has 6 nitrogen and oxygen atoms in total. The summed E-state index contributed by atoms with van der Waals surface area (Å²) in [6.07, 6.45) is 0. The maximum absolute atomic E-state index is 13.0. The lowest BCUT2D eigenvalue weighted by Gasteiger charge is -2.31. The van der Waals surface area contributed by atoms with Gasteiger partial charge in [-0.25, -0.2) is 4.98 Å². The van der Waals surface area contributed by atoms with E-state index in [0.717, 1.165) is 40.1 Å². The first-order valence-electron chi connectivity index (χ1n) is 9.61. The summed E-state index contributed by atoms with van der Waals surface area (Å²) in [5.74, 6) is 0.838. The lowest BCUT2D eigenvalue weighted by Crippen LogP contribution is -2.41. The van der Waals surface area contributed by atoms with E-state index in [1.54, 1.807) is 0 Å². The summed E-state index contributed by atoms with van der Waals surface area (Å²) in [5.41, 5.74) is 3.73. The molecule has 2 aromatic rings. The Balaban J connectivity index is 1.76. The zero-order chi connectivity index (χ0) is 19.5. The van der Waals surface area contributed by atoms with Gasteiger partial charge in [0, 0.05) is 36.2 Å². The number of anilines is 1. The fourth-order valence-corrected chi connectivity index (χ4v) is 3.94. The van der Waals surface area contributed by atoms with Crippen LogP contribution in [-0.4, -0.2) is 68.4 Å². The Bertz CT molecular complexity index is 845. The van der Waals surface area contributed by atoms with Crippen molar-refractivity contribution in [1.82, 2.24) is 9.88 Å². The number of hydrogen-bond donors (Lipinski definition) is 0. The summed E-state index contributed by atoms with van der Waals surface area (Å²) < 4.78 is 11.9. The molecular formula is C21H24BrN3O3. The van der Waals surface area contributed by atoms with Gasteiger partial charge < -0.3 is 19.3 Å². The van der Waals surface area contributed by atoms with Gasteiger partial charge in [-0.3, -0.25) is 4.79 Å². The highest BCUT2D eigenvalue weighted by Gasteiger charge is 2.25. The SMILES string of the molecule is Cc1cc(C(=O)N2CCOCC2)nc(N2CCOCC2)c1-c1ccc(Br)cc1. The van der Waals surface area contributed by atoms with Gasteiger partial charge in [0.15, 0.2) is 0 Å². The zero-order valence-electron chi connectivity index (χ0n) is 16.0. The number of amides is 1. The van der Waals surface area contributed by atoms with E-state index < -0.39 is 0 Å². The number of carbonyl (C=O) groups excluding carboxylic acids is 1. The van der Waals surface area contributed by atoms with Gasteiger partial charge in [-0.05, 0) is 36.2 Å². The quantitative estimate of drug-likeness (QED) is 0.726. The van der Waals surface area contributed by atoms with E-state index in [9.17, 15) is 4.79 Å². The topological polar surface area (TPSA) is 54.9 Å². The molecule has 0 radical (unpaired) electrons. The highest BCUT2D eigenvalue weighted by atomic mass is 79.9. The van der Waals surface area contributed by atoms with Crippen molar-refractivity contribution in [2.75, 3.05) is 57.5 Å². The number of ether oxygens (including phenoxy) is 2. The maximum Gasteiger partial charge on any atom is 0.272 e. The molecule has 0 spiro atoms. The van der Waals surface area contributed by atoms with Gasteiger partial charge >= 0.3 is 0 Å². The number of hydrogen-bond acceptors (Lipinski definition) is 5. The van der Waals surface area contributed by atoms with Crippen LogP contribution in [0.2, 0.25) is 0 Å². The summed E-state index contributed by atoms with van der Waals surface area (Å²) in [6.45, 7) is 7.32. The number of aromatic nitrogens is 1. The van der Waals surface area contributed by atoms with Crippen LogP contribution in [0.4, 0.5) is 5.82 Å².